The van der Waals surface area contributed by atoms with E-state index >= 15 is 0 Å². The van der Waals surface area contributed by atoms with Crippen molar-refractivity contribution < 1.29 is 13.6 Å². The molecule has 1 aromatic heterocycles. The first-order chi connectivity index (χ1) is 14.5. The SMILES string of the molecule is O=C(c1ccc(F)c(Cl)c1)N1CCC(NCCCc2c[nH]c3ccc(F)cc23)CC1. The molecule has 2 aromatic carbocycles. The molecule has 3 aromatic rings. The number of halogens is 3. The first-order valence-corrected chi connectivity index (χ1v) is 10.6. The number of H-pyrrole nitrogens is 1. The van der Waals surface area contributed by atoms with Gasteiger partial charge in [-0.15, -0.1) is 0 Å². The summed E-state index contributed by atoms with van der Waals surface area (Å²) in [5, 5.41) is 4.48. The van der Waals surface area contributed by atoms with E-state index in [0.717, 1.165) is 48.7 Å². The molecule has 0 unspecified atom stereocenters. The van der Waals surface area contributed by atoms with Gasteiger partial charge in [0.1, 0.15) is 11.6 Å². The first kappa shape index (κ1) is 20.8. The fourth-order valence-electron chi connectivity index (χ4n) is 4.04. The monoisotopic (exact) mass is 431 g/mol. The number of aromatic nitrogens is 1. The van der Waals surface area contributed by atoms with Crippen molar-refractivity contribution in [1.82, 2.24) is 15.2 Å². The van der Waals surface area contributed by atoms with Crippen LogP contribution in [-0.4, -0.2) is 41.5 Å². The van der Waals surface area contributed by atoms with E-state index in [9.17, 15) is 13.6 Å². The molecular weight excluding hydrogens is 408 g/mol. The van der Waals surface area contributed by atoms with Gasteiger partial charge in [-0.3, -0.25) is 4.79 Å². The summed E-state index contributed by atoms with van der Waals surface area (Å²) in [6, 6.07) is 9.27. The number of hydrogen-bond acceptors (Lipinski definition) is 2. The quantitative estimate of drug-likeness (QED) is 0.544. The fraction of sp³-hybridized carbons (Fsp3) is 0.348. The van der Waals surface area contributed by atoms with Gasteiger partial charge in [-0.25, -0.2) is 8.78 Å². The third kappa shape index (κ3) is 4.65. The number of aromatic amines is 1. The molecular formula is C23H24ClF2N3O. The van der Waals surface area contributed by atoms with E-state index in [1.807, 2.05) is 6.20 Å². The number of fused-ring (bicyclic) bond motifs is 1. The number of carbonyl (C=O) groups excluding carboxylic acids is 1. The molecule has 0 saturated carbocycles. The summed E-state index contributed by atoms with van der Waals surface area (Å²) in [4.78, 5) is 17.6. The number of benzene rings is 2. The molecule has 0 bridgehead atoms. The van der Waals surface area contributed by atoms with Gasteiger partial charge in [0, 0.05) is 41.8 Å². The van der Waals surface area contributed by atoms with Crippen LogP contribution in [0.5, 0.6) is 0 Å². The molecule has 7 heteroatoms. The van der Waals surface area contributed by atoms with Gasteiger partial charge in [0.05, 0.1) is 5.02 Å². The number of nitrogens with one attached hydrogen (secondary N) is 2. The van der Waals surface area contributed by atoms with Crippen molar-refractivity contribution in [3.05, 3.63) is 70.4 Å². The zero-order chi connectivity index (χ0) is 21.1. The summed E-state index contributed by atoms with van der Waals surface area (Å²) in [6.07, 6.45) is 5.53. The number of carbonyl (C=O) groups is 1. The molecule has 0 aliphatic carbocycles. The normalized spacial score (nSPS) is 15.1. The largest absolute Gasteiger partial charge is 0.361 e. The van der Waals surface area contributed by atoms with E-state index in [2.05, 4.69) is 10.3 Å². The minimum atomic E-state index is -0.520. The van der Waals surface area contributed by atoms with Crippen LogP contribution in [0.3, 0.4) is 0 Å². The Labute approximate surface area is 179 Å². The van der Waals surface area contributed by atoms with Gasteiger partial charge < -0.3 is 15.2 Å². The lowest BCUT2D eigenvalue weighted by Crippen LogP contribution is -2.45. The average Bonchev–Trinajstić information content (AvgIpc) is 3.15. The van der Waals surface area contributed by atoms with Crippen molar-refractivity contribution in [1.29, 1.82) is 0 Å². The van der Waals surface area contributed by atoms with Crippen molar-refractivity contribution in [3.8, 4) is 0 Å². The first-order valence-electron chi connectivity index (χ1n) is 10.2. The van der Waals surface area contributed by atoms with E-state index in [1.54, 1.807) is 17.0 Å². The maximum atomic E-state index is 13.5. The second kappa shape index (κ2) is 9.14. The number of likely N-dealkylation sites (tertiary alicyclic amines) is 1. The third-order valence-electron chi connectivity index (χ3n) is 5.73. The molecule has 4 rings (SSSR count). The predicted molar refractivity (Wildman–Crippen MR) is 115 cm³/mol. The summed E-state index contributed by atoms with van der Waals surface area (Å²) >= 11 is 5.79. The number of hydrogen-bond donors (Lipinski definition) is 2. The molecule has 0 atom stereocenters. The van der Waals surface area contributed by atoms with Crippen LogP contribution >= 0.6 is 11.6 Å². The topological polar surface area (TPSA) is 48.1 Å². The summed E-state index contributed by atoms with van der Waals surface area (Å²) < 4.78 is 26.8. The second-order valence-electron chi connectivity index (χ2n) is 7.76. The number of amides is 1. The van der Waals surface area contributed by atoms with Crippen LogP contribution in [0.4, 0.5) is 8.78 Å². The van der Waals surface area contributed by atoms with Crippen LogP contribution in [0.1, 0.15) is 35.2 Å². The van der Waals surface area contributed by atoms with Crippen LogP contribution in [-0.2, 0) is 6.42 Å². The van der Waals surface area contributed by atoms with Crippen molar-refractivity contribution >= 4 is 28.4 Å². The molecule has 2 N–H and O–H groups in total. The highest BCUT2D eigenvalue weighted by Gasteiger charge is 2.23. The van der Waals surface area contributed by atoms with Crippen LogP contribution in [0, 0.1) is 11.6 Å². The highest BCUT2D eigenvalue weighted by Crippen LogP contribution is 2.21. The van der Waals surface area contributed by atoms with Crippen LogP contribution in [0.25, 0.3) is 10.9 Å². The summed E-state index contributed by atoms with van der Waals surface area (Å²) in [5.41, 5.74) is 2.51. The summed E-state index contributed by atoms with van der Waals surface area (Å²) in [7, 11) is 0. The standard InChI is InChI=1S/C23H24ClF2N3O/c24-20-12-15(3-5-21(20)26)23(30)29-10-7-18(8-11-29)27-9-1-2-16-14-28-22-6-4-17(25)13-19(16)22/h3-6,12-14,18,27-28H,1-2,7-11H2. The Morgan fingerprint density at radius 3 is 2.73 bits per heavy atom. The van der Waals surface area contributed by atoms with Crippen LogP contribution < -0.4 is 5.32 Å². The molecule has 2 heterocycles. The van der Waals surface area contributed by atoms with Crippen molar-refractivity contribution in [3.63, 3.8) is 0 Å². The van der Waals surface area contributed by atoms with Crippen LogP contribution in [0.15, 0.2) is 42.6 Å². The Hall–Kier alpha value is -2.44. The predicted octanol–water partition coefficient (Wildman–Crippen LogP) is 4.93. The number of nitrogens with zero attached hydrogens (tertiary/aromatic N) is 1. The van der Waals surface area contributed by atoms with E-state index in [0.29, 0.717) is 24.7 Å². The van der Waals surface area contributed by atoms with Gasteiger partial charge in [-0.05, 0) is 74.2 Å². The molecule has 1 saturated heterocycles. The third-order valence-corrected chi connectivity index (χ3v) is 6.02. The maximum absolute atomic E-state index is 13.5. The minimum absolute atomic E-state index is 0.0321. The van der Waals surface area contributed by atoms with E-state index in [-0.39, 0.29) is 16.7 Å². The maximum Gasteiger partial charge on any atom is 0.253 e. The molecule has 1 fully saturated rings. The van der Waals surface area contributed by atoms with Gasteiger partial charge >= 0.3 is 0 Å². The fourth-order valence-corrected chi connectivity index (χ4v) is 4.22. The van der Waals surface area contributed by atoms with Gasteiger partial charge in [-0.1, -0.05) is 11.6 Å². The zero-order valence-corrected chi connectivity index (χ0v) is 17.3. The average molecular weight is 432 g/mol. The Kier molecular flexibility index (Phi) is 6.35. The molecule has 1 aliphatic heterocycles. The summed E-state index contributed by atoms with van der Waals surface area (Å²) in [5.74, 6) is -0.846. The van der Waals surface area contributed by atoms with Gasteiger partial charge in [0.15, 0.2) is 0 Å². The smallest absolute Gasteiger partial charge is 0.253 e. The number of rotatable bonds is 6. The van der Waals surface area contributed by atoms with Crippen molar-refractivity contribution in [2.45, 2.75) is 31.7 Å². The van der Waals surface area contributed by atoms with E-state index in [4.69, 9.17) is 11.6 Å². The molecule has 158 valence electrons. The highest BCUT2D eigenvalue weighted by molar-refractivity contribution is 6.31. The lowest BCUT2D eigenvalue weighted by molar-refractivity contribution is 0.0705. The van der Waals surface area contributed by atoms with Crippen LogP contribution in [0.2, 0.25) is 5.02 Å². The Balaban J connectivity index is 1.21. The Bertz CT molecular complexity index is 1040. The molecule has 4 nitrogen and oxygen atoms in total. The molecule has 30 heavy (non-hydrogen) atoms. The van der Waals surface area contributed by atoms with Gasteiger partial charge in [-0.2, -0.15) is 0 Å². The summed E-state index contributed by atoms with van der Waals surface area (Å²) in [6.45, 7) is 2.19. The molecule has 0 spiro atoms. The van der Waals surface area contributed by atoms with Gasteiger partial charge in [0.25, 0.3) is 5.91 Å². The second-order valence-corrected chi connectivity index (χ2v) is 8.16. The number of piperidine rings is 1. The van der Waals surface area contributed by atoms with E-state index < -0.39 is 5.82 Å². The molecule has 1 amide bonds. The highest BCUT2D eigenvalue weighted by atomic mass is 35.5. The van der Waals surface area contributed by atoms with Crippen molar-refractivity contribution in [2.75, 3.05) is 19.6 Å². The van der Waals surface area contributed by atoms with Gasteiger partial charge in [0.2, 0.25) is 0 Å². The molecule has 1 aliphatic rings. The van der Waals surface area contributed by atoms with Crippen molar-refractivity contribution in [2.24, 2.45) is 0 Å². The molecule has 0 radical (unpaired) electrons. The number of aryl methyl sites for hydroxylation is 1. The van der Waals surface area contributed by atoms with E-state index in [1.165, 1.54) is 24.3 Å². The zero-order valence-electron chi connectivity index (χ0n) is 16.6. The minimum Gasteiger partial charge on any atom is -0.361 e. The Morgan fingerprint density at radius 1 is 1.17 bits per heavy atom. The Morgan fingerprint density at radius 2 is 1.97 bits per heavy atom. The lowest BCUT2D eigenvalue weighted by atomic mass is 10.0. The lowest BCUT2D eigenvalue weighted by Gasteiger charge is -2.32.